The van der Waals surface area contributed by atoms with Crippen molar-refractivity contribution in [2.45, 2.75) is 19.6 Å². The van der Waals surface area contributed by atoms with Gasteiger partial charge in [0.2, 0.25) is 0 Å². The van der Waals surface area contributed by atoms with Gasteiger partial charge in [-0.3, -0.25) is 0 Å². The summed E-state index contributed by atoms with van der Waals surface area (Å²) in [6.45, 7) is 3.83. The molecule has 0 aliphatic carbocycles. The highest BCUT2D eigenvalue weighted by Crippen LogP contribution is 2.20. The number of thiophene rings is 1. The first-order valence-electron chi connectivity index (χ1n) is 6.82. The summed E-state index contributed by atoms with van der Waals surface area (Å²) in [4.78, 5) is 3.43. The van der Waals surface area contributed by atoms with Crippen molar-refractivity contribution in [3.05, 3.63) is 46.7 Å². The number of nitrogens with one attached hydrogen (secondary N) is 1. The number of rotatable bonds is 7. The molecule has 0 amide bonds. The van der Waals surface area contributed by atoms with Gasteiger partial charge in [0.25, 0.3) is 0 Å². The monoisotopic (exact) mass is 290 g/mol. The van der Waals surface area contributed by atoms with Crippen molar-refractivity contribution >= 4 is 17.0 Å². The second-order valence-corrected chi connectivity index (χ2v) is 6.06. The Hall–Kier alpha value is -1.52. The number of benzene rings is 1. The zero-order chi connectivity index (χ0) is 14.4. The van der Waals surface area contributed by atoms with Gasteiger partial charge < -0.3 is 15.0 Å². The minimum absolute atomic E-state index is 0.146. The molecule has 0 fully saturated rings. The van der Waals surface area contributed by atoms with Crippen molar-refractivity contribution in [3.8, 4) is 5.75 Å². The van der Waals surface area contributed by atoms with E-state index >= 15 is 0 Å². The van der Waals surface area contributed by atoms with E-state index in [2.05, 4.69) is 46.8 Å². The van der Waals surface area contributed by atoms with Crippen LogP contribution in [0, 0.1) is 0 Å². The SMILES string of the molecule is CC(CNCc1cccs1)Oc1cccc(N(C)C)c1. The predicted molar refractivity (Wildman–Crippen MR) is 86.9 cm³/mol. The summed E-state index contributed by atoms with van der Waals surface area (Å²) < 4.78 is 5.94. The molecule has 20 heavy (non-hydrogen) atoms. The summed E-state index contributed by atoms with van der Waals surface area (Å²) >= 11 is 1.77. The molecule has 1 aromatic heterocycles. The minimum Gasteiger partial charge on any atom is -0.489 e. The van der Waals surface area contributed by atoms with Crippen LogP contribution in [0.15, 0.2) is 41.8 Å². The molecule has 3 nitrogen and oxygen atoms in total. The molecular weight excluding hydrogens is 268 g/mol. The van der Waals surface area contributed by atoms with Gasteiger partial charge in [0.15, 0.2) is 0 Å². The molecule has 0 bridgehead atoms. The molecule has 0 radical (unpaired) electrons. The van der Waals surface area contributed by atoms with Crippen LogP contribution in [0.3, 0.4) is 0 Å². The lowest BCUT2D eigenvalue weighted by molar-refractivity contribution is 0.217. The zero-order valence-electron chi connectivity index (χ0n) is 12.3. The fraction of sp³-hybridized carbons (Fsp3) is 0.375. The molecular formula is C16H22N2OS. The highest BCUT2D eigenvalue weighted by Gasteiger charge is 2.05. The Bertz CT molecular complexity index is 511. The van der Waals surface area contributed by atoms with Gasteiger partial charge in [0.05, 0.1) is 0 Å². The Morgan fingerprint density at radius 1 is 1.25 bits per heavy atom. The van der Waals surface area contributed by atoms with Gasteiger partial charge in [-0.25, -0.2) is 0 Å². The maximum atomic E-state index is 5.94. The average molecular weight is 290 g/mol. The fourth-order valence-electron chi connectivity index (χ4n) is 1.92. The number of hydrogen-bond acceptors (Lipinski definition) is 4. The first-order valence-corrected chi connectivity index (χ1v) is 7.70. The van der Waals surface area contributed by atoms with E-state index in [0.29, 0.717) is 0 Å². The van der Waals surface area contributed by atoms with E-state index < -0.39 is 0 Å². The van der Waals surface area contributed by atoms with Crippen LogP contribution in [0.2, 0.25) is 0 Å². The van der Waals surface area contributed by atoms with Crippen LogP contribution in [-0.4, -0.2) is 26.7 Å². The highest BCUT2D eigenvalue weighted by molar-refractivity contribution is 7.09. The normalized spacial score (nSPS) is 12.2. The summed E-state index contributed by atoms with van der Waals surface area (Å²) in [5.74, 6) is 0.918. The van der Waals surface area contributed by atoms with Gasteiger partial charge in [-0.1, -0.05) is 12.1 Å². The Morgan fingerprint density at radius 3 is 2.80 bits per heavy atom. The fourth-order valence-corrected chi connectivity index (χ4v) is 2.60. The Morgan fingerprint density at radius 2 is 2.10 bits per heavy atom. The summed E-state index contributed by atoms with van der Waals surface area (Å²) in [7, 11) is 4.07. The molecule has 0 saturated heterocycles. The summed E-state index contributed by atoms with van der Waals surface area (Å²) in [5, 5.41) is 5.52. The van der Waals surface area contributed by atoms with E-state index in [-0.39, 0.29) is 6.10 Å². The topological polar surface area (TPSA) is 24.5 Å². The van der Waals surface area contributed by atoms with Gasteiger partial charge in [-0.15, -0.1) is 11.3 Å². The van der Waals surface area contributed by atoms with Gasteiger partial charge in [0.1, 0.15) is 11.9 Å². The maximum Gasteiger partial charge on any atom is 0.121 e. The van der Waals surface area contributed by atoms with Crippen LogP contribution in [-0.2, 0) is 6.54 Å². The predicted octanol–water partition coefficient (Wildman–Crippen LogP) is 3.37. The zero-order valence-corrected chi connectivity index (χ0v) is 13.1. The molecule has 1 unspecified atom stereocenters. The van der Waals surface area contributed by atoms with E-state index in [4.69, 9.17) is 4.74 Å². The maximum absolute atomic E-state index is 5.94. The summed E-state index contributed by atoms with van der Waals surface area (Å²) in [6.07, 6.45) is 0.146. The van der Waals surface area contributed by atoms with E-state index in [1.165, 1.54) is 4.88 Å². The quantitative estimate of drug-likeness (QED) is 0.846. The van der Waals surface area contributed by atoms with Crippen LogP contribution in [0.5, 0.6) is 5.75 Å². The minimum atomic E-state index is 0.146. The summed E-state index contributed by atoms with van der Waals surface area (Å²) in [5.41, 5.74) is 1.15. The van der Waals surface area contributed by atoms with Gasteiger partial charge in [-0.05, 0) is 30.5 Å². The van der Waals surface area contributed by atoms with Crippen LogP contribution in [0.1, 0.15) is 11.8 Å². The van der Waals surface area contributed by atoms with E-state index in [1.54, 1.807) is 11.3 Å². The van der Waals surface area contributed by atoms with Crippen molar-refractivity contribution in [1.29, 1.82) is 0 Å². The molecule has 1 heterocycles. The third kappa shape index (κ3) is 4.54. The molecule has 1 atom stereocenters. The van der Waals surface area contributed by atoms with Crippen molar-refractivity contribution in [1.82, 2.24) is 5.32 Å². The molecule has 1 aromatic carbocycles. The lowest BCUT2D eigenvalue weighted by Gasteiger charge is -2.18. The smallest absolute Gasteiger partial charge is 0.121 e. The van der Waals surface area contributed by atoms with Crippen molar-refractivity contribution < 1.29 is 4.74 Å². The van der Waals surface area contributed by atoms with Crippen LogP contribution < -0.4 is 15.0 Å². The van der Waals surface area contributed by atoms with E-state index in [1.807, 2.05) is 26.2 Å². The van der Waals surface area contributed by atoms with Crippen LogP contribution >= 0.6 is 11.3 Å². The molecule has 1 N–H and O–H groups in total. The van der Waals surface area contributed by atoms with Crippen LogP contribution in [0.4, 0.5) is 5.69 Å². The first kappa shape index (κ1) is 14.9. The van der Waals surface area contributed by atoms with Gasteiger partial charge >= 0.3 is 0 Å². The Labute approximate surface area is 125 Å². The second-order valence-electron chi connectivity index (χ2n) is 5.03. The van der Waals surface area contributed by atoms with E-state index in [9.17, 15) is 0 Å². The Kier molecular flexibility index (Phi) is 5.44. The molecule has 4 heteroatoms. The molecule has 2 rings (SSSR count). The third-order valence-corrected chi connectivity index (χ3v) is 3.86. The van der Waals surface area contributed by atoms with Crippen LogP contribution in [0.25, 0.3) is 0 Å². The number of nitrogens with zero attached hydrogens (tertiary/aromatic N) is 1. The largest absolute Gasteiger partial charge is 0.489 e. The number of ether oxygens (including phenoxy) is 1. The third-order valence-electron chi connectivity index (χ3n) is 2.98. The molecule has 2 aromatic rings. The average Bonchev–Trinajstić information content (AvgIpc) is 2.92. The lowest BCUT2D eigenvalue weighted by atomic mass is 10.3. The molecule has 108 valence electrons. The number of hydrogen-bond donors (Lipinski definition) is 1. The van der Waals surface area contributed by atoms with Gasteiger partial charge in [-0.2, -0.15) is 0 Å². The first-order chi connectivity index (χ1) is 9.65. The van der Waals surface area contributed by atoms with Crippen molar-refractivity contribution in [3.63, 3.8) is 0 Å². The van der Waals surface area contributed by atoms with Gasteiger partial charge in [0, 0.05) is 43.8 Å². The van der Waals surface area contributed by atoms with Crippen molar-refractivity contribution in [2.75, 3.05) is 25.5 Å². The van der Waals surface area contributed by atoms with Crippen molar-refractivity contribution in [2.24, 2.45) is 0 Å². The Balaban J connectivity index is 1.79. The number of anilines is 1. The molecule has 0 aliphatic rings. The highest BCUT2D eigenvalue weighted by atomic mass is 32.1. The van der Waals surface area contributed by atoms with E-state index in [0.717, 1.165) is 24.5 Å². The molecule has 0 saturated carbocycles. The summed E-state index contributed by atoms with van der Waals surface area (Å²) in [6, 6.07) is 12.4. The molecule has 0 aliphatic heterocycles. The lowest BCUT2D eigenvalue weighted by Crippen LogP contribution is -2.28. The molecule has 0 spiro atoms. The second kappa shape index (κ2) is 7.31. The standard InChI is InChI=1S/C16H22N2OS/c1-13(11-17-12-16-8-5-9-20-16)19-15-7-4-6-14(10-15)18(2)3/h4-10,13,17H,11-12H2,1-3H3.